The minimum atomic E-state index is -3.12. The topological polar surface area (TPSA) is 80.4 Å². The minimum absolute atomic E-state index is 0.0439. The molecule has 1 saturated heterocycles. The summed E-state index contributed by atoms with van der Waals surface area (Å²) in [5.41, 5.74) is 3.85. The third kappa shape index (κ3) is 2.30. The summed E-state index contributed by atoms with van der Waals surface area (Å²) in [7, 11) is -3.12. The van der Waals surface area contributed by atoms with Crippen molar-refractivity contribution in [1.29, 1.82) is 0 Å². The molecule has 2 unspecified atom stereocenters. The molecule has 1 aromatic carbocycles. The predicted molar refractivity (Wildman–Crippen MR) is 86.2 cm³/mol. The normalized spacial score (nSPS) is 27.8. The van der Waals surface area contributed by atoms with Gasteiger partial charge < -0.3 is 10.8 Å². The molecule has 1 fully saturated rings. The molecule has 0 radical (unpaired) electrons. The summed E-state index contributed by atoms with van der Waals surface area (Å²) in [6.45, 7) is 1.86. The molecule has 1 aromatic heterocycles. The number of hydrogen-bond acceptors (Lipinski definition) is 5. The van der Waals surface area contributed by atoms with Crippen LogP contribution in [0.2, 0.25) is 0 Å². The molecule has 0 bridgehead atoms. The van der Waals surface area contributed by atoms with Gasteiger partial charge in [0, 0.05) is 21.5 Å². The van der Waals surface area contributed by atoms with Crippen LogP contribution >= 0.6 is 11.3 Å². The van der Waals surface area contributed by atoms with Gasteiger partial charge in [0.2, 0.25) is 0 Å². The molecule has 2 heterocycles. The second-order valence-corrected chi connectivity index (χ2v) is 9.32. The summed E-state index contributed by atoms with van der Waals surface area (Å²) in [5.74, 6) is 0.0585. The zero-order valence-electron chi connectivity index (χ0n) is 11.9. The largest absolute Gasteiger partial charge is 0.384 e. The Morgan fingerprint density at radius 1 is 1.43 bits per heavy atom. The van der Waals surface area contributed by atoms with E-state index in [1.54, 1.807) is 6.92 Å². The SMILES string of the molecule is CC(O)(c1cc2ccccc2s1)C1(CN)CCS(=O)(=O)C1. The first-order valence-corrected chi connectivity index (χ1v) is 9.55. The highest BCUT2D eigenvalue weighted by Crippen LogP contribution is 2.49. The smallest absolute Gasteiger partial charge is 0.151 e. The van der Waals surface area contributed by atoms with Gasteiger partial charge in [0.15, 0.2) is 9.84 Å². The zero-order valence-corrected chi connectivity index (χ0v) is 13.5. The van der Waals surface area contributed by atoms with Gasteiger partial charge in [0.25, 0.3) is 0 Å². The first-order valence-electron chi connectivity index (χ1n) is 6.92. The van der Waals surface area contributed by atoms with Gasteiger partial charge in [-0.05, 0) is 30.9 Å². The van der Waals surface area contributed by atoms with Gasteiger partial charge >= 0.3 is 0 Å². The third-order valence-corrected chi connectivity index (χ3v) is 7.86. The summed E-state index contributed by atoms with van der Waals surface area (Å²) in [6.07, 6.45) is 0.410. The maximum atomic E-state index is 11.9. The van der Waals surface area contributed by atoms with Crippen molar-refractivity contribution in [2.45, 2.75) is 18.9 Å². The van der Waals surface area contributed by atoms with E-state index in [4.69, 9.17) is 5.73 Å². The maximum absolute atomic E-state index is 11.9. The van der Waals surface area contributed by atoms with Gasteiger partial charge in [0.05, 0.1) is 11.5 Å². The first kappa shape index (κ1) is 15.0. The molecular formula is C15H19NO3S2. The maximum Gasteiger partial charge on any atom is 0.151 e. The highest BCUT2D eigenvalue weighted by Gasteiger charge is 2.54. The van der Waals surface area contributed by atoms with E-state index in [-0.39, 0.29) is 18.1 Å². The predicted octanol–water partition coefficient (Wildman–Crippen LogP) is 1.87. The van der Waals surface area contributed by atoms with Crippen LogP contribution in [0.5, 0.6) is 0 Å². The molecule has 3 rings (SSSR count). The summed E-state index contributed by atoms with van der Waals surface area (Å²) in [4.78, 5) is 0.784. The lowest BCUT2D eigenvalue weighted by atomic mass is 9.71. The molecule has 0 amide bonds. The Balaban J connectivity index is 2.10. The highest BCUT2D eigenvalue weighted by atomic mass is 32.2. The molecule has 114 valence electrons. The van der Waals surface area contributed by atoms with Crippen LogP contribution in [0.1, 0.15) is 18.2 Å². The van der Waals surface area contributed by atoms with Crippen molar-refractivity contribution >= 4 is 31.3 Å². The van der Waals surface area contributed by atoms with E-state index >= 15 is 0 Å². The van der Waals surface area contributed by atoms with E-state index in [0.29, 0.717) is 6.42 Å². The molecule has 0 saturated carbocycles. The monoisotopic (exact) mass is 325 g/mol. The number of thiophene rings is 1. The molecule has 3 N–H and O–H groups in total. The standard InChI is InChI=1S/C15H19NO3S2/c1-14(17,15(9-16)6-7-21(18,19)10-15)13-8-11-4-2-3-5-12(11)20-13/h2-5,8,17H,6-7,9-10,16H2,1H3. The second kappa shape index (κ2) is 4.78. The average Bonchev–Trinajstić information content (AvgIpc) is 3.00. The van der Waals surface area contributed by atoms with Crippen LogP contribution in [0.25, 0.3) is 10.1 Å². The molecule has 0 aliphatic carbocycles. The van der Waals surface area contributed by atoms with Crippen molar-refractivity contribution in [2.24, 2.45) is 11.1 Å². The molecule has 1 aliphatic heterocycles. The Labute approximate surface area is 128 Å². The highest BCUT2D eigenvalue weighted by molar-refractivity contribution is 7.91. The van der Waals surface area contributed by atoms with E-state index < -0.39 is 20.9 Å². The van der Waals surface area contributed by atoms with Crippen molar-refractivity contribution in [3.63, 3.8) is 0 Å². The summed E-state index contributed by atoms with van der Waals surface area (Å²) >= 11 is 1.50. The molecule has 0 spiro atoms. The van der Waals surface area contributed by atoms with Crippen molar-refractivity contribution in [2.75, 3.05) is 18.1 Å². The van der Waals surface area contributed by atoms with Crippen LogP contribution in [0.3, 0.4) is 0 Å². The molecule has 6 heteroatoms. The quantitative estimate of drug-likeness (QED) is 0.903. The van der Waals surface area contributed by atoms with Gasteiger partial charge in [-0.15, -0.1) is 11.3 Å². The van der Waals surface area contributed by atoms with E-state index in [0.717, 1.165) is 15.0 Å². The van der Waals surface area contributed by atoms with Crippen molar-refractivity contribution < 1.29 is 13.5 Å². The lowest BCUT2D eigenvalue weighted by molar-refractivity contribution is -0.0551. The summed E-state index contributed by atoms with van der Waals surface area (Å²) < 4.78 is 24.9. The third-order valence-electron chi connectivity index (χ3n) is 4.72. The Bertz CT molecular complexity index is 746. The number of benzene rings is 1. The average molecular weight is 325 g/mol. The Morgan fingerprint density at radius 2 is 2.14 bits per heavy atom. The van der Waals surface area contributed by atoms with Crippen LogP contribution in [0.15, 0.2) is 30.3 Å². The zero-order chi connectivity index (χ0) is 15.3. The Kier molecular flexibility index (Phi) is 3.40. The lowest BCUT2D eigenvalue weighted by Gasteiger charge is -2.40. The van der Waals surface area contributed by atoms with E-state index in [1.807, 2.05) is 30.3 Å². The summed E-state index contributed by atoms with van der Waals surface area (Å²) in [6, 6.07) is 9.84. The van der Waals surface area contributed by atoms with Gasteiger partial charge in [-0.3, -0.25) is 0 Å². The Morgan fingerprint density at radius 3 is 2.71 bits per heavy atom. The van der Waals surface area contributed by atoms with E-state index in [2.05, 4.69) is 0 Å². The number of hydrogen-bond donors (Lipinski definition) is 2. The number of sulfone groups is 1. The van der Waals surface area contributed by atoms with Gasteiger partial charge in [-0.1, -0.05) is 18.2 Å². The van der Waals surface area contributed by atoms with Crippen LogP contribution in [-0.2, 0) is 15.4 Å². The lowest BCUT2D eigenvalue weighted by Crippen LogP contribution is -2.49. The van der Waals surface area contributed by atoms with Crippen LogP contribution in [0, 0.1) is 5.41 Å². The fourth-order valence-corrected chi connectivity index (χ4v) is 6.60. The molecule has 1 aliphatic rings. The number of nitrogens with two attached hydrogens (primary N) is 1. The van der Waals surface area contributed by atoms with Crippen molar-refractivity contribution in [3.05, 3.63) is 35.2 Å². The van der Waals surface area contributed by atoms with Crippen LogP contribution < -0.4 is 5.73 Å². The van der Waals surface area contributed by atoms with Gasteiger partial charge in [-0.2, -0.15) is 0 Å². The number of aliphatic hydroxyl groups is 1. The molecular weight excluding hydrogens is 306 g/mol. The van der Waals surface area contributed by atoms with Crippen molar-refractivity contribution in [3.8, 4) is 0 Å². The first-order chi connectivity index (χ1) is 9.80. The van der Waals surface area contributed by atoms with Crippen molar-refractivity contribution in [1.82, 2.24) is 0 Å². The van der Waals surface area contributed by atoms with Crippen LogP contribution in [0.4, 0.5) is 0 Å². The van der Waals surface area contributed by atoms with Gasteiger partial charge in [-0.25, -0.2) is 8.42 Å². The fourth-order valence-electron chi connectivity index (χ4n) is 3.14. The fraction of sp³-hybridized carbons (Fsp3) is 0.467. The van der Waals surface area contributed by atoms with E-state index in [1.165, 1.54) is 11.3 Å². The molecule has 4 nitrogen and oxygen atoms in total. The molecule has 2 aromatic rings. The second-order valence-electron chi connectivity index (χ2n) is 6.05. The number of rotatable bonds is 3. The molecule has 21 heavy (non-hydrogen) atoms. The van der Waals surface area contributed by atoms with Crippen LogP contribution in [-0.4, -0.2) is 31.6 Å². The van der Waals surface area contributed by atoms with E-state index in [9.17, 15) is 13.5 Å². The summed E-state index contributed by atoms with van der Waals surface area (Å²) in [5, 5.41) is 12.2. The Hall–Kier alpha value is -0.950. The minimum Gasteiger partial charge on any atom is -0.384 e. The number of fused-ring (bicyclic) bond motifs is 1. The van der Waals surface area contributed by atoms with Gasteiger partial charge in [0.1, 0.15) is 5.60 Å². The molecule has 2 atom stereocenters.